The van der Waals surface area contributed by atoms with Gasteiger partial charge in [-0.25, -0.2) is 9.97 Å². The van der Waals surface area contributed by atoms with Crippen molar-refractivity contribution in [3.05, 3.63) is 42.4 Å². The van der Waals surface area contributed by atoms with Gasteiger partial charge in [0.15, 0.2) is 0 Å². The van der Waals surface area contributed by atoms with Gasteiger partial charge in [-0.3, -0.25) is 9.59 Å². The monoisotopic (exact) mass is 396 g/mol. The van der Waals surface area contributed by atoms with Crippen LogP contribution in [0.1, 0.15) is 10.5 Å². The number of benzene rings is 1. The SMILES string of the molecule is O=CN1CCN(C(=O)c2cc(Nc3ccccc3N3CCOCC3)ncn2)CC1. The van der Waals surface area contributed by atoms with E-state index in [1.54, 1.807) is 15.9 Å². The van der Waals surface area contributed by atoms with Crippen LogP contribution >= 0.6 is 0 Å². The van der Waals surface area contributed by atoms with Gasteiger partial charge < -0.3 is 24.8 Å². The molecule has 9 nitrogen and oxygen atoms in total. The average molecular weight is 396 g/mol. The summed E-state index contributed by atoms with van der Waals surface area (Å²) in [6, 6.07) is 9.70. The molecular weight excluding hydrogens is 372 g/mol. The number of carbonyl (C=O) groups excluding carboxylic acids is 2. The summed E-state index contributed by atoms with van der Waals surface area (Å²) in [5.74, 6) is 0.415. The van der Waals surface area contributed by atoms with Crippen LogP contribution < -0.4 is 10.2 Å². The van der Waals surface area contributed by atoms with Gasteiger partial charge in [-0.15, -0.1) is 0 Å². The Hall–Kier alpha value is -3.20. The Morgan fingerprint density at radius 1 is 1.03 bits per heavy atom. The molecule has 0 aliphatic carbocycles. The van der Waals surface area contributed by atoms with E-state index in [9.17, 15) is 9.59 Å². The van der Waals surface area contributed by atoms with Gasteiger partial charge in [0, 0.05) is 45.3 Å². The molecule has 2 aliphatic heterocycles. The van der Waals surface area contributed by atoms with E-state index in [2.05, 4.69) is 26.3 Å². The van der Waals surface area contributed by atoms with E-state index >= 15 is 0 Å². The smallest absolute Gasteiger partial charge is 0.272 e. The summed E-state index contributed by atoms with van der Waals surface area (Å²) in [4.78, 5) is 37.7. The maximum absolute atomic E-state index is 12.8. The molecule has 2 aromatic rings. The zero-order valence-corrected chi connectivity index (χ0v) is 16.2. The van der Waals surface area contributed by atoms with Crippen molar-refractivity contribution in [3.8, 4) is 0 Å². The summed E-state index contributed by atoms with van der Waals surface area (Å²) in [6.45, 7) is 5.17. The number of piperazine rings is 1. The molecule has 3 heterocycles. The van der Waals surface area contributed by atoms with Gasteiger partial charge >= 0.3 is 0 Å². The zero-order valence-electron chi connectivity index (χ0n) is 16.2. The minimum Gasteiger partial charge on any atom is -0.378 e. The number of ether oxygens (including phenoxy) is 1. The summed E-state index contributed by atoms with van der Waals surface area (Å²) in [6.07, 6.45) is 2.22. The van der Waals surface area contributed by atoms with Crippen molar-refractivity contribution in [3.63, 3.8) is 0 Å². The van der Waals surface area contributed by atoms with Crippen LogP contribution in [-0.4, -0.2) is 84.6 Å². The van der Waals surface area contributed by atoms with Gasteiger partial charge in [-0.2, -0.15) is 0 Å². The first-order chi connectivity index (χ1) is 14.2. The van der Waals surface area contributed by atoms with Crippen molar-refractivity contribution in [2.45, 2.75) is 0 Å². The maximum Gasteiger partial charge on any atom is 0.272 e. The lowest BCUT2D eigenvalue weighted by Gasteiger charge is -2.32. The van der Waals surface area contributed by atoms with E-state index in [0.29, 0.717) is 50.9 Å². The summed E-state index contributed by atoms with van der Waals surface area (Å²) < 4.78 is 5.45. The number of amides is 2. The van der Waals surface area contributed by atoms with Gasteiger partial charge in [0.25, 0.3) is 5.91 Å². The highest BCUT2D eigenvalue weighted by atomic mass is 16.5. The first-order valence-corrected chi connectivity index (χ1v) is 9.74. The molecular formula is C20H24N6O3. The highest BCUT2D eigenvalue weighted by Gasteiger charge is 2.23. The van der Waals surface area contributed by atoms with Gasteiger partial charge in [0.1, 0.15) is 17.8 Å². The Balaban J connectivity index is 1.48. The van der Waals surface area contributed by atoms with Crippen LogP contribution in [0, 0.1) is 0 Å². The van der Waals surface area contributed by atoms with Gasteiger partial charge in [0.05, 0.1) is 24.6 Å². The predicted octanol–water partition coefficient (Wildman–Crippen LogP) is 0.971. The molecule has 0 unspecified atom stereocenters. The van der Waals surface area contributed by atoms with Crippen LogP contribution in [0.15, 0.2) is 36.7 Å². The number of hydrogen-bond acceptors (Lipinski definition) is 7. The van der Waals surface area contributed by atoms with Crippen molar-refractivity contribution in [1.29, 1.82) is 0 Å². The molecule has 2 saturated heterocycles. The molecule has 0 bridgehead atoms. The molecule has 0 radical (unpaired) electrons. The Kier molecular flexibility index (Phi) is 5.85. The molecule has 1 aromatic heterocycles. The summed E-state index contributed by atoms with van der Waals surface area (Å²) in [5.41, 5.74) is 2.34. The number of aromatic nitrogens is 2. The summed E-state index contributed by atoms with van der Waals surface area (Å²) in [5, 5.41) is 3.33. The number of anilines is 3. The van der Waals surface area contributed by atoms with Crippen molar-refractivity contribution < 1.29 is 14.3 Å². The lowest BCUT2D eigenvalue weighted by atomic mass is 10.2. The third-order valence-corrected chi connectivity index (χ3v) is 5.16. The lowest BCUT2D eigenvalue weighted by molar-refractivity contribution is -0.119. The molecule has 0 atom stereocenters. The predicted molar refractivity (Wildman–Crippen MR) is 108 cm³/mol. The van der Waals surface area contributed by atoms with Crippen LogP contribution in [0.4, 0.5) is 17.2 Å². The highest BCUT2D eigenvalue weighted by Crippen LogP contribution is 2.28. The Morgan fingerprint density at radius 3 is 2.55 bits per heavy atom. The molecule has 2 fully saturated rings. The standard InChI is InChI=1S/C20H24N6O3/c27-15-24-5-7-26(8-6-24)20(28)17-13-19(22-14-21-17)23-16-3-1-2-4-18(16)25-9-11-29-12-10-25/h1-4,13-15H,5-12H2,(H,21,22,23). The second-order valence-electron chi connectivity index (χ2n) is 6.96. The second-order valence-corrected chi connectivity index (χ2v) is 6.96. The van der Waals surface area contributed by atoms with Gasteiger partial charge in [-0.1, -0.05) is 12.1 Å². The second kappa shape index (κ2) is 8.87. The Morgan fingerprint density at radius 2 is 1.79 bits per heavy atom. The quantitative estimate of drug-likeness (QED) is 0.753. The van der Waals surface area contributed by atoms with Crippen LogP contribution in [0.3, 0.4) is 0 Å². The van der Waals surface area contributed by atoms with Crippen molar-refractivity contribution in [1.82, 2.24) is 19.8 Å². The first kappa shape index (κ1) is 19.1. The molecule has 152 valence electrons. The fraction of sp³-hybridized carbons (Fsp3) is 0.400. The van der Waals surface area contributed by atoms with Gasteiger partial charge in [-0.05, 0) is 12.1 Å². The molecule has 2 aliphatic rings. The molecule has 2 amide bonds. The fourth-order valence-corrected chi connectivity index (χ4v) is 3.53. The third-order valence-electron chi connectivity index (χ3n) is 5.16. The van der Waals surface area contributed by atoms with Gasteiger partial charge in [0.2, 0.25) is 6.41 Å². The van der Waals surface area contributed by atoms with E-state index in [1.165, 1.54) is 6.33 Å². The number of para-hydroxylation sites is 2. The highest BCUT2D eigenvalue weighted by molar-refractivity contribution is 5.93. The minimum absolute atomic E-state index is 0.150. The maximum atomic E-state index is 12.8. The lowest BCUT2D eigenvalue weighted by Crippen LogP contribution is -2.48. The number of nitrogens with zero attached hydrogens (tertiary/aromatic N) is 5. The number of hydrogen-bond donors (Lipinski definition) is 1. The van der Waals surface area contributed by atoms with Crippen LogP contribution in [-0.2, 0) is 9.53 Å². The first-order valence-electron chi connectivity index (χ1n) is 9.74. The number of rotatable bonds is 5. The zero-order chi connectivity index (χ0) is 20.1. The minimum atomic E-state index is -0.150. The summed E-state index contributed by atoms with van der Waals surface area (Å²) in [7, 11) is 0. The third kappa shape index (κ3) is 4.45. The van der Waals surface area contributed by atoms with E-state index in [4.69, 9.17) is 4.74 Å². The molecule has 1 N–H and O–H groups in total. The van der Waals surface area contributed by atoms with E-state index in [0.717, 1.165) is 30.9 Å². The van der Waals surface area contributed by atoms with Crippen molar-refractivity contribution in [2.75, 3.05) is 62.7 Å². The average Bonchev–Trinajstić information content (AvgIpc) is 2.80. The molecule has 0 saturated carbocycles. The van der Waals surface area contributed by atoms with E-state index in [-0.39, 0.29) is 5.91 Å². The van der Waals surface area contributed by atoms with Crippen molar-refractivity contribution >= 4 is 29.5 Å². The fourth-order valence-electron chi connectivity index (χ4n) is 3.53. The molecule has 4 rings (SSSR count). The molecule has 0 spiro atoms. The van der Waals surface area contributed by atoms with Crippen LogP contribution in [0.25, 0.3) is 0 Å². The van der Waals surface area contributed by atoms with Crippen LogP contribution in [0.2, 0.25) is 0 Å². The Labute approximate surface area is 169 Å². The Bertz CT molecular complexity index is 863. The van der Waals surface area contributed by atoms with Crippen molar-refractivity contribution in [2.24, 2.45) is 0 Å². The summed E-state index contributed by atoms with van der Waals surface area (Å²) >= 11 is 0. The van der Waals surface area contributed by atoms with E-state index in [1.807, 2.05) is 18.2 Å². The molecule has 9 heteroatoms. The molecule has 29 heavy (non-hydrogen) atoms. The van der Waals surface area contributed by atoms with E-state index < -0.39 is 0 Å². The normalized spacial score (nSPS) is 17.2. The molecule has 1 aromatic carbocycles. The largest absolute Gasteiger partial charge is 0.378 e. The number of carbonyl (C=O) groups is 2. The number of morpholine rings is 1. The van der Waals surface area contributed by atoms with Crippen LogP contribution in [0.5, 0.6) is 0 Å². The number of nitrogens with one attached hydrogen (secondary N) is 1. The topological polar surface area (TPSA) is 90.9 Å².